The molecule has 134 valence electrons. The Morgan fingerprint density at radius 2 is 2.08 bits per heavy atom. The van der Waals surface area contributed by atoms with Crippen molar-refractivity contribution in [1.29, 1.82) is 0 Å². The molecule has 1 amide bonds. The van der Waals surface area contributed by atoms with E-state index in [9.17, 15) is 9.18 Å². The number of benzene rings is 1. The summed E-state index contributed by atoms with van der Waals surface area (Å²) >= 11 is 1.42. The van der Waals surface area contributed by atoms with E-state index >= 15 is 0 Å². The standard InChI is InChI=1S/C18H23FN4OS/c1-3-20-18-21-13(2)16(25-18)17(24)23-9-7-22(8-10-23)12-14-5-4-6-15(19)11-14/h4-6,11H,3,7-10,12H2,1-2H3,(H,20,21). The first kappa shape index (κ1) is 17.8. The molecule has 1 aromatic heterocycles. The largest absolute Gasteiger partial charge is 0.362 e. The van der Waals surface area contributed by atoms with Crippen molar-refractivity contribution in [2.24, 2.45) is 0 Å². The monoisotopic (exact) mass is 362 g/mol. The molecule has 0 bridgehead atoms. The van der Waals surface area contributed by atoms with E-state index in [1.807, 2.05) is 24.8 Å². The zero-order valence-corrected chi connectivity index (χ0v) is 15.4. The first-order valence-corrected chi connectivity index (χ1v) is 9.36. The van der Waals surface area contributed by atoms with E-state index in [0.717, 1.165) is 40.9 Å². The molecule has 0 atom stereocenters. The van der Waals surface area contributed by atoms with Crippen molar-refractivity contribution in [3.05, 3.63) is 46.2 Å². The highest BCUT2D eigenvalue weighted by Gasteiger charge is 2.25. The van der Waals surface area contributed by atoms with Gasteiger partial charge in [0.2, 0.25) is 0 Å². The van der Waals surface area contributed by atoms with E-state index in [1.54, 1.807) is 12.1 Å². The summed E-state index contributed by atoms with van der Waals surface area (Å²) in [5, 5.41) is 3.96. The van der Waals surface area contributed by atoms with Crippen LogP contribution in [0.4, 0.5) is 9.52 Å². The first-order valence-electron chi connectivity index (χ1n) is 8.54. The van der Waals surface area contributed by atoms with Gasteiger partial charge in [0.15, 0.2) is 5.13 Å². The second-order valence-corrected chi connectivity index (χ2v) is 7.16. The third-order valence-corrected chi connectivity index (χ3v) is 5.38. The van der Waals surface area contributed by atoms with Crippen LogP contribution >= 0.6 is 11.3 Å². The van der Waals surface area contributed by atoms with E-state index in [4.69, 9.17) is 0 Å². The number of anilines is 1. The van der Waals surface area contributed by atoms with E-state index < -0.39 is 0 Å². The number of halogens is 1. The second kappa shape index (κ2) is 7.93. The Morgan fingerprint density at radius 3 is 2.76 bits per heavy atom. The smallest absolute Gasteiger partial charge is 0.266 e. The fraction of sp³-hybridized carbons (Fsp3) is 0.444. The number of hydrogen-bond donors (Lipinski definition) is 1. The Hall–Kier alpha value is -1.99. The summed E-state index contributed by atoms with van der Waals surface area (Å²) in [7, 11) is 0. The van der Waals surface area contributed by atoms with Crippen molar-refractivity contribution in [1.82, 2.24) is 14.8 Å². The zero-order valence-electron chi connectivity index (χ0n) is 14.6. The fourth-order valence-electron chi connectivity index (χ4n) is 2.97. The topological polar surface area (TPSA) is 48.5 Å². The van der Waals surface area contributed by atoms with Crippen molar-refractivity contribution >= 4 is 22.4 Å². The van der Waals surface area contributed by atoms with Gasteiger partial charge in [-0.25, -0.2) is 9.37 Å². The molecule has 5 nitrogen and oxygen atoms in total. The minimum atomic E-state index is -0.205. The van der Waals surface area contributed by atoms with E-state index in [1.165, 1.54) is 17.4 Å². The molecular formula is C18H23FN4OS. The van der Waals surface area contributed by atoms with Gasteiger partial charge < -0.3 is 10.2 Å². The minimum absolute atomic E-state index is 0.0598. The molecule has 3 rings (SSSR count). The van der Waals surface area contributed by atoms with Gasteiger partial charge in [-0.2, -0.15) is 0 Å². The Balaban J connectivity index is 1.57. The molecule has 0 spiro atoms. The van der Waals surface area contributed by atoms with E-state index in [-0.39, 0.29) is 11.7 Å². The third kappa shape index (κ3) is 4.35. The molecule has 7 heteroatoms. The minimum Gasteiger partial charge on any atom is -0.362 e. The molecule has 1 N–H and O–H groups in total. The summed E-state index contributed by atoms with van der Waals surface area (Å²) < 4.78 is 13.3. The second-order valence-electron chi connectivity index (χ2n) is 6.16. The quantitative estimate of drug-likeness (QED) is 0.888. The van der Waals surface area contributed by atoms with Crippen LogP contribution in [0.1, 0.15) is 27.9 Å². The highest BCUT2D eigenvalue weighted by Crippen LogP contribution is 2.24. The van der Waals surface area contributed by atoms with Gasteiger partial charge in [-0.15, -0.1) is 0 Å². The molecule has 0 unspecified atom stereocenters. The number of nitrogens with zero attached hydrogens (tertiary/aromatic N) is 3. The van der Waals surface area contributed by atoms with Crippen LogP contribution in [0, 0.1) is 12.7 Å². The van der Waals surface area contributed by atoms with Gasteiger partial charge in [-0.05, 0) is 31.5 Å². The van der Waals surface area contributed by atoms with Gasteiger partial charge in [0.25, 0.3) is 5.91 Å². The molecule has 2 aromatic rings. The summed E-state index contributed by atoms with van der Waals surface area (Å²) in [6.07, 6.45) is 0. The highest BCUT2D eigenvalue weighted by atomic mass is 32.1. The summed E-state index contributed by atoms with van der Waals surface area (Å²) in [4.78, 5) is 22.0. The van der Waals surface area contributed by atoms with Crippen LogP contribution in [0.5, 0.6) is 0 Å². The number of carbonyl (C=O) groups is 1. The van der Waals surface area contributed by atoms with Gasteiger partial charge in [0.1, 0.15) is 10.7 Å². The van der Waals surface area contributed by atoms with Crippen LogP contribution in [0.15, 0.2) is 24.3 Å². The van der Waals surface area contributed by atoms with Gasteiger partial charge >= 0.3 is 0 Å². The van der Waals surface area contributed by atoms with Crippen LogP contribution < -0.4 is 5.32 Å². The number of thiazole rings is 1. The zero-order chi connectivity index (χ0) is 17.8. The van der Waals surface area contributed by atoms with Gasteiger partial charge in [-0.3, -0.25) is 9.69 Å². The van der Waals surface area contributed by atoms with Crippen molar-refractivity contribution in [2.45, 2.75) is 20.4 Å². The number of aryl methyl sites for hydroxylation is 1. The average Bonchev–Trinajstić information content (AvgIpc) is 2.96. The summed E-state index contributed by atoms with van der Waals surface area (Å²) in [5.41, 5.74) is 1.75. The molecule has 2 heterocycles. The Morgan fingerprint density at radius 1 is 1.32 bits per heavy atom. The van der Waals surface area contributed by atoms with Crippen LogP contribution in [-0.4, -0.2) is 53.4 Å². The molecule has 25 heavy (non-hydrogen) atoms. The number of piperazine rings is 1. The van der Waals surface area contributed by atoms with Crippen molar-refractivity contribution in [3.63, 3.8) is 0 Å². The predicted molar refractivity (Wildman–Crippen MR) is 98.6 cm³/mol. The lowest BCUT2D eigenvalue weighted by molar-refractivity contribution is 0.0632. The van der Waals surface area contributed by atoms with E-state index in [0.29, 0.717) is 19.6 Å². The Bertz CT molecular complexity index is 740. The summed E-state index contributed by atoms with van der Waals surface area (Å²) in [5.74, 6) is -0.145. The number of rotatable bonds is 5. The lowest BCUT2D eigenvalue weighted by Crippen LogP contribution is -2.48. The normalized spacial score (nSPS) is 15.4. The number of nitrogens with one attached hydrogen (secondary N) is 1. The lowest BCUT2D eigenvalue weighted by atomic mass is 10.2. The SMILES string of the molecule is CCNc1nc(C)c(C(=O)N2CCN(Cc3cccc(F)c3)CC2)s1. The predicted octanol–water partition coefficient (Wildman–Crippen LogP) is 2.98. The molecule has 0 saturated carbocycles. The van der Waals surface area contributed by atoms with Crippen LogP contribution in [0.2, 0.25) is 0 Å². The maximum Gasteiger partial charge on any atom is 0.266 e. The van der Waals surface area contributed by atoms with Gasteiger partial charge in [0, 0.05) is 39.3 Å². The third-order valence-electron chi connectivity index (χ3n) is 4.27. The first-order chi connectivity index (χ1) is 12.1. The fourth-order valence-corrected chi connectivity index (χ4v) is 3.97. The molecule has 1 fully saturated rings. The van der Waals surface area contributed by atoms with Crippen LogP contribution in [0.3, 0.4) is 0 Å². The van der Waals surface area contributed by atoms with Crippen molar-refractivity contribution in [2.75, 3.05) is 38.0 Å². The van der Waals surface area contributed by atoms with Crippen LogP contribution in [0.25, 0.3) is 0 Å². The number of hydrogen-bond acceptors (Lipinski definition) is 5. The molecule has 1 saturated heterocycles. The maximum atomic E-state index is 13.3. The van der Waals surface area contributed by atoms with Crippen molar-refractivity contribution < 1.29 is 9.18 Å². The maximum absolute atomic E-state index is 13.3. The molecule has 1 aromatic carbocycles. The Labute approximate surface area is 151 Å². The Kier molecular flexibility index (Phi) is 5.65. The number of aromatic nitrogens is 1. The van der Waals surface area contributed by atoms with E-state index in [2.05, 4.69) is 15.2 Å². The number of carbonyl (C=O) groups excluding carboxylic acids is 1. The summed E-state index contributed by atoms with van der Waals surface area (Å²) in [6.45, 7) is 8.34. The van der Waals surface area contributed by atoms with Crippen molar-refractivity contribution in [3.8, 4) is 0 Å². The highest BCUT2D eigenvalue weighted by molar-refractivity contribution is 7.17. The summed E-state index contributed by atoms with van der Waals surface area (Å²) in [6, 6.07) is 6.70. The van der Waals surface area contributed by atoms with Crippen LogP contribution in [-0.2, 0) is 6.54 Å². The molecular weight excluding hydrogens is 339 g/mol. The average molecular weight is 362 g/mol. The molecule has 1 aliphatic heterocycles. The molecule has 0 aliphatic carbocycles. The molecule has 0 radical (unpaired) electrons. The lowest BCUT2D eigenvalue weighted by Gasteiger charge is -2.34. The molecule has 1 aliphatic rings. The number of amides is 1. The van der Waals surface area contributed by atoms with Gasteiger partial charge in [0.05, 0.1) is 5.69 Å². The van der Waals surface area contributed by atoms with Gasteiger partial charge in [-0.1, -0.05) is 23.5 Å².